The maximum absolute atomic E-state index is 12.7. The molecule has 204 valence electrons. The highest BCUT2D eigenvalue weighted by molar-refractivity contribution is 7.81. The maximum Gasteiger partial charge on any atom is 0.353 e. The topological polar surface area (TPSA) is 44.8 Å². The predicted molar refractivity (Wildman–Crippen MR) is 153 cm³/mol. The van der Waals surface area contributed by atoms with Gasteiger partial charge in [0.2, 0.25) is 10.5 Å². The summed E-state index contributed by atoms with van der Waals surface area (Å²) in [4.78, 5) is 12.7. The van der Waals surface area contributed by atoms with Crippen molar-refractivity contribution in [2.75, 3.05) is 14.2 Å². The third-order valence-electron chi connectivity index (χ3n) is 7.25. The number of carbonyl (C=O) groups excluding carboxylic acids is 1. The number of methoxy groups -OCH3 is 2. The Morgan fingerprint density at radius 3 is 1.38 bits per heavy atom. The molecular formula is C28H58O4SSi. The Balaban J connectivity index is 4.44. The monoisotopic (exact) mass is 518 g/mol. The minimum Gasteiger partial charge on any atom is -0.525 e. The van der Waals surface area contributed by atoms with Gasteiger partial charge in [-0.2, -0.15) is 12.6 Å². The molecule has 0 spiro atoms. The van der Waals surface area contributed by atoms with Crippen molar-refractivity contribution in [2.45, 2.75) is 153 Å². The molecule has 34 heavy (non-hydrogen) atoms. The van der Waals surface area contributed by atoms with Gasteiger partial charge in [-0.1, -0.05) is 129 Å². The second-order valence-electron chi connectivity index (χ2n) is 9.98. The number of carbonyl (C=O) groups is 1. The van der Waals surface area contributed by atoms with Gasteiger partial charge in [0.1, 0.15) is 0 Å². The van der Waals surface area contributed by atoms with E-state index in [9.17, 15) is 4.79 Å². The summed E-state index contributed by atoms with van der Waals surface area (Å²) in [6.45, 7) is 4.51. The van der Waals surface area contributed by atoms with Crippen LogP contribution in [0.1, 0.15) is 142 Å². The average Bonchev–Trinajstić information content (AvgIpc) is 2.85. The predicted octanol–water partition coefficient (Wildman–Crippen LogP) is 7.56. The molecule has 0 aromatic rings. The quantitative estimate of drug-likeness (QED) is 0.0586. The normalized spacial score (nSPS) is 13.8. The van der Waals surface area contributed by atoms with E-state index in [1.807, 2.05) is 0 Å². The molecule has 0 bridgehead atoms. The van der Waals surface area contributed by atoms with Crippen LogP contribution in [0.2, 0.25) is 0 Å². The smallest absolute Gasteiger partial charge is 0.353 e. The molecule has 0 saturated heterocycles. The second kappa shape index (κ2) is 23.4. The SMILES string of the molecule is CCCCCCCCCCCCCCCC(C(S)CCCCCCC)C(OC)(OC)C(=O)O[SiH3]. The zero-order valence-electron chi connectivity index (χ0n) is 23.4. The summed E-state index contributed by atoms with van der Waals surface area (Å²) in [5.74, 6) is -1.84. The van der Waals surface area contributed by atoms with Gasteiger partial charge in [-0.05, 0) is 12.8 Å². The molecule has 2 unspecified atom stereocenters. The van der Waals surface area contributed by atoms with Gasteiger partial charge < -0.3 is 13.9 Å². The van der Waals surface area contributed by atoms with Crippen LogP contribution in [-0.2, 0) is 18.7 Å². The number of unbranched alkanes of at least 4 members (excludes halogenated alkanes) is 16. The van der Waals surface area contributed by atoms with Crippen LogP contribution in [0, 0.1) is 5.92 Å². The van der Waals surface area contributed by atoms with Gasteiger partial charge in [0.15, 0.2) is 0 Å². The third-order valence-corrected chi connectivity index (χ3v) is 8.24. The molecule has 0 heterocycles. The lowest BCUT2D eigenvalue weighted by Gasteiger charge is -2.38. The molecule has 0 aliphatic carbocycles. The van der Waals surface area contributed by atoms with E-state index in [2.05, 4.69) is 13.8 Å². The first-order valence-corrected chi connectivity index (χ1v) is 15.7. The number of hydrogen-bond donors (Lipinski definition) is 1. The molecule has 0 rings (SSSR count). The Labute approximate surface area is 221 Å². The van der Waals surface area contributed by atoms with Crippen molar-refractivity contribution in [2.24, 2.45) is 5.92 Å². The molecule has 0 saturated carbocycles. The van der Waals surface area contributed by atoms with Crippen molar-refractivity contribution in [1.29, 1.82) is 0 Å². The van der Waals surface area contributed by atoms with Crippen molar-refractivity contribution in [1.82, 2.24) is 0 Å². The Morgan fingerprint density at radius 2 is 1.03 bits per heavy atom. The zero-order chi connectivity index (χ0) is 25.5. The van der Waals surface area contributed by atoms with Crippen LogP contribution in [0.4, 0.5) is 0 Å². The minimum atomic E-state index is -1.34. The van der Waals surface area contributed by atoms with Crippen molar-refractivity contribution < 1.29 is 18.7 Å². The van der Waals surface area contributed by atoms with Crippen LogP contribution in [0.15, 0.2) is 0 Å². The largest absolute Gasteiger partial charge is 0.525 e. The Bertz CT molecular complexity index is 460. The van der Waals surface area contributed by atoms with Crippen LogP contribution in [0.5, 0.6) is 0 Å². The lowest BCUT2D eigenvalue weighted by atomic mass is 9.86. The van der Waals surface area contributed by atoms with Crippen LogP contribution in [0.25, 0.3) is 0 Å². The number of rotatable bonds is 25. The molecule has 0 fully saturated rings. The molecule has 2 atom stereocenters. The van der Waals surface area contributed by atoms with Crippen molar-refractivity contribution in [3.05, 3.63) is 0 Å². The van der Waals surface area contributed by atoms with Gasteiger partial charge in [-0.25, -0.2) is 4.79 Å². The second-order valence-corrected chi connectivity index (χ2v) is 11.0. The highest BCUT2D eigenvalue weighted by Gasteiger charge is 2.49. The maximum atomic E-state index is 12.7. The van der Waals surface area contributed by atoms with Crippen LogP contribution in [0.3, 0.4) is 0 Å². The summed E-state index contributed by atoms with van der Waals surface area (Å²) in [7, 11) is 3.44. The van der Waals surface area contributed by atoms with Crippen LogP contribution < -0.4 is 0 Å². The Kier molecular flexibility index (Phi) is 23.3. The molecule has 0 aliphatic rings. The Morgan fingerprint density at radius 1 is 0.676 bits per heavy atom. The van der Waals surface area contributed by atoms with Gasteiger partial charge in [0.05, 0.1) is 0 Å². The summed E-state index contributed by atoms with van der Waals surface area (Å²) < 4.78 is 16.6. The number of ether oxygens (including phenoxy) is 2. The molecule has 4 nitrogen and oxygen atoms in total. The van der Waals surface area contributed by atoms with Crippen molar-refractivity contribution >= 4 is 29.1 Å². The molecule has 6 heteroatoms. The van der Waals surface area contributed by atoms with Gasteiger partial charge in [-0.3, -0.25) is 0 Å². The molecule has 0 aromatic heterocycles. The van der Waals surface area contributed by atoms with Crippen molar-refractivity contribution in [3.63, 3.8) is 0 Å². The van der Waals surface area contributed by atoms with Crippen molar-refractivity contribution in [3.8, 4) is 0 Å². The van der Waals surface area contributed by atoms with Gasteiger partial charge in [0.25, 0.3) is 5.79 Å². The number of thiol groups is 1. The highest BCUT2D eigenvalue weighted by atomic mass is 32.1. The first-order chi connectivity index (χ1) is 16.5. The molecular weight excluding hydrogens is 460 g/mol. The third kappa shape index (κ3) is 14.5. The molecule has 0 aliphatic heterocycles. The zero-order valence-corrected chi connectivity index (χ0v) is 26.3. The summed E-state index contributed by atoms with van der Waals surface area (Å²) in [5, 5.41) is 0.0552. The fourth-order valence-corrected chi connectivity index (χ4v) is 5.83. The van der Waals surface area contributed by atoms with E-state index < -0.39 is 11.8 Å². The fourth-order valence-electron chi connectivity index (χ4n) is 5.02. The first-order valence-electron chi connectivity index (χ1n) is 14.4. The fraction of sp³-hybridized carbons (Fsp3) is 0.964. The number of hydrogen-bond acceptors (Lipinski definition) is 5. The van der Waals surface area contributed by atoms with Crippen LogP contribution in [-0.4, -0.2) is 41.7 Å². The van der Waals surface area contributed by atoms with E-state index in [1.54, 1.807) is 14.2 Å². The summed E-state index contributed by atoms with van der Waals surface area (Å²) in [6, 6.07) is 0. The van der Waals surface area contributed by atoms with E-state index in [1.165, 1.54) is 103 Å². The molecule has 0 radical (unpaired) electrons. The van der Waals surface area contributed by atoms with E-state index in [0.29, 0.717) is 10.5 Å². The highest BCUT2D eigenvalue weighted by Crippen LogP contribution is 2.36. The van der Waals surface area contributed by atoms with Gasteiger partial charge >= 0.3 is 5.97 Å². The summed E-state index contributed by atoms with van der Waals surface area (Å²) >= 11 is 4.95. The van der Waals surface area contributed by atoms with E-state index in [4.69, 9.17) is 26.5 Å². The van der Waals surface area contributed by atoms with Gasteiger partial charge in [-0.15, -0.1) is 0 Å². The summed E-state index contributed by atoms with van der Waals surface area (Å²) in [6.07, 6.45) is 25.3. The van der Waals surface area contributed by atoms with Crippen LogP contribution >= 0.6 is 12.6 Å². The standard InChI is InChI=1S/C28H58O4SSi/c1-5-7-9-11-12-13-14-15-16-17-18-20-21-23-25(26(33)24-22-19-10-8-6-2)28(30-3,31-4)27(29)32-34/h25-26,33H,5-24H2,1-4,34H3. The minimum absolute atomic E-state index is 0.0552. The van der Waals surface area contributed by atoms with E-state index in [-0.39, 0.29) is 11.2 Å². The summed E-state index contributed by atoms with van der Waals surface area (Å²) in [5.41, 5.74) is 0. The molecule has 0 amide bonds. The average molecular weight is 519 g/mol. The molecule has 0 aromatic carbocycles. The Hall–Kier alpha value is -0.0431. The first kappa shape index (κ1) is 34.0. The van der Waals surface area contributed by atoms with E-state index >= 15 is 0 Å². The van der Waals surface area contributed by atoms with Gasteiger partial charge in [0, 0.05) is 25.4 Å². The molecule has 0 N–H and O–H groups in total. The van der Waals surface area contributed by atoms with E-state index in [0.717, 1.165) is 25.7 Å². The lowest BCUT2D eigenvalue weighted by molar-refractivity contribution is -0.245. The lowest BCUT2D eigenvalue weighted by Crippen LogP contribution is -2.53.